The lowest BCUT2D eigenvalue weighted by molar-refractivity contribution is -0.137. The molecule has 4 heteroatoms. The standard InChI is InChI=1S/C12H22O4/c1-2-16-12(15)9-7-5-3-4-6-8-11(14)10-13/h7,9,11,13-14H,2-6,8,10H2,1H3/t11-/m1/s1. The van der Waals surface area contributed by atoms with Crippen LogP contribution in [0.1, 0.15) is 39.0 Å². The maximum absolute atomic E-state index is 10.9. The smallest absolute Gasteiger partial charge is 0.330 e. The van der Waals surface area contributed by atoms with Crippen LogP contribution in [-0.4, -0.2) is 35.5 Å². The summed E-state index contributed by atoms with van der Waals surface area (Å²) in [6, 6.07) is 0. The average Bonchev–Trinajstić information content (AvgIpc) is 2.27. The van der Waals surface area contributed by atoms with E-state index >= 15 is 0 Å². The number of carbonyl (C=O) groups is 1. The zero-order chi connectivity index (χ0) is 12.2. The van der Waals surface area contributed by atoms with E-state index in [1.807, 2.05) is 0 Å². The van der Waals surface area contributed by atoms with Crippen molar-refractivity contribution in [2.75, 3.05) is 13.2 Å². The lowest BCUT2D eigenvalue weighted by atomic mass is 10.1. The molecule has 0 heterocycles. The molecule has 1 atom stereocenters. The van der Waals surface area contributed by atoms with E-state index < -0.39 is 6.10 Å². The second-order valence-corrected chi connectivity index (χ2v) is 3.63. The number of ether oxygens (including phenoxy) is 1. The summed E-state index contributed by atoms with van der Waals surface area (Å²) in [5.74, 6) is -0.293. The zero-order valence-electron chi connectivity index (χ0n) is 9.89. The summed E-state index contributed by atoms with van der Waals surface area (Å²) < 4.78 is 4.73. The highest BCUT2D eigenvalue weighted by molar-refractivity contribution is 5.81. The Morgan fingerprint density at radius 3 is 2.75 bits per heavy atom. The molecule has 0 aromatic heterocycles. The van der Waals surface area contributed by atoms with Crippen molar-refractivity contribution in [1.82, 2.24) is 0 Å². The number of esters is 1. The Labute approximate surface area is 96.9 Å². The van der Waals surface area contributed by atoms with E-state index in [1.54, 1.807) is 13.0 Å². The molecule has 0 unspecified atom stereocenters. The molecule has 0 amide bonds. The highest BCUT2D eigenvalue weighted by atomic mass is 16.5. The number of aliphatic hydroxyl groups is 2. The Morgan fingerprint density at radius 2 is 2.12 bits per heavy atom. The van der Waals surface area contributed by atoms with Gasteiger partial charge in [0.05, 0.1) is 19.3 Å². The van der Waals surface area contributed by atoms with E-state index in [-0.39, 0.29) is 12.6 Å². The predicted molar refractivity (Wildman–Crippen MR) is 62.0 cm³/mol. The van der Waals surface area contributed by atoms with E-state index in [1.165, 1.54) is 6.08 Å². The van der Waals surface area contributed by atoms with Gasteiger partial charge in [-0.25, -0.2) is 4.79 Å². The molecule has 0 aromatic carbocycles. The number of aliphatic hydroxyl groups excluding tert-OH is 2. The summed E-state index contributed by atoms with van der Waals surface area (Å²) in [6.07, 6.45) is 7.02. The minimum absolute atomic E-state index is 0.164. The zero-order valence-corrected chi connectivity index (χ0v) is 9.89. The van der Waals surface area contributed by atoms with Crippen LogP contribution in [0.2, 0.25) is 0 Å². The number of carbonyl (C=O) groups excluding carboxylic acids is 1. The van der Waals surface area contributed by atoms with Gasteiger partial charge >= 0.3 is 5.97 Å². The van der Waals surface area contributed by atoms with E-state index in [0.717, 1.165) is 25.7 Å². The Morgan fingerprint density at radius 1 is 1.38 bits per heavy atom. The van der Waals surface area contributed by atoms with Gasteiger partial charge in [-0.3, -0.25) is 0 Å². The fourth-order valence-corrected chi connectivity index (χ4v) is 1.28. The second-order valence-electron chi connectivity index (χ2n) is 3.63. The normalized spacial score (nSPS) is 12.9. The molecule has 0 radical (unpaired) electrons. The maximum atomic E-state index is 10.9. The summed E-state index contributed by atoms with van der Waals surface area (Å²) in [4.78, 5) is 10.9. The Hall–Kier alpha value is -0.870. The molecule has 0 spiro atoms. The highest BCUT2D eigenvalue weighted by Crippen LogP contribution is 2.06. The average molecular weight is 230 g/mol. The molecule has 4 nitrogen and oxygen atoms in total. The first-order valence-electron chi connectivity index (χ1n) is 5.83. The van der Waals surface area contributed by atoms with Crippen molar-refractivity contribution in [2.45, 2.75) is 45.1 Å². The van der Waals surface area contributed by atoms with Crippen molar-refractivity contribution >= 4 is 5.97 Å². The molecule has 0 bridgehead atoms. The molecule has 0 aliphatic rings. The van der Waals surface area contributed by atoms with Crippen LogP contribution in [0.5, 0.6) is 0 Å². The first kappa shape index (κ1) is 15.1. The van der Waals surface area contributed by atoms with Gasteiger partial charge in [-0.15, -0.1) is 0 Å². The van der Waals surface area contributed by atoms with Crippen molar-refractivity contribution in [3.8, 4) is 0 Å². The quantitative estimate of drug-likeness (QED) is 0.357. The predicted octanol–water partition coefficient (Wildman–Crippen LogP) is 1.41. The van der Waals surface area contributed by atoms with Crippen molar-refractivity contribution in [2.24, 2.45) is 0 Å². The van der Waals surface area contributed by atoms with Crippen LogP contribution in [0.25, 0.3) is 0 Å². The fraction of sp³-hybridized carbons (Fsp3) is 0.750. The lowest BCUT2D eigenvalue weighted by Gasteiger charge is -2.05. The van der Waals surface area contributed by atoms with Gasteiger partial charge in [-0.2, -0.15) is 0 Å². The molecule has 0 aliphatic carbocycles. The van der Waals surface area contributed by atoms with E-state index in [9.17, 15) is 4.79 Å². The first-order chi connectivity index (χ1) is 7.70. The fourth-order valence-electron chi connectivity index (χ4n) is 1.28. The SMILES string of the molecule is CCOC(=O)C=CCCCCC[C@@H](O)CO. The van der Waals surface area contributed by atoms with Crippen molar-refractivity contribution < 1.29 is 19.7 Å². The Kier molecular flexibility index (Phi) is 10.1. The van der Waals surface area contributed by atoms with Gasteiger partial charge < -0.3 is 14.9 Å². The lowest BCUT2D eigenvalue weighted by Crippen LogP contribution is -2.10. The number of hydrogen-bond acceptors (Lipinski definition) is 4. The van der Waals surface area contributed by atoms with Crippen molar-refractivity contribution in [1.29, 1.82) is 0 Å². The molecular formula is C12H22O4. The van der Waals surface area contributed by atoms with Gasteiger partial charge in [-0.1, -0.05) is 18.9 Å². The maximum Gasteiger partial charge on any atom is 0.330 e. The van der Waals surface area contributed by atoms with E-state index in [0.29, 0.717) is 13.0 Å². The summed E-state index contributed by atoms with van der Waals surface area (Å²) in [5.41, 5.74) is 0. The monoisotopic (exact) mass is 230 g/mol. The molecule has 0 aliphatic heterocycles. The minimum Gasteiger partial charge on any atom is -0.463 e. The largest absolute Gasteiger partial charge is 0.463 e. The molecule has 0 aromatic rings. The van der Waals surface area contributed by atoms with E-state index in [4.69, 9.17) is 14.9 Å². The molecular weight excluding hydrogens is 208 g/mol. The van der Waals surface area contributed by atoms with Crippen LogP contribution in [0.15, 0.2) is 12.2 Å². The number of allylic oxidation sites excluding steroid dienone is 1. The van der Waals surface area contributed by atoms with E-state index in [2.05, 4.69) is 0 Å². The van der Waals surface area contributed by atoms with Crippen molar-refractivity contribution in [3.63, 3.8) is 0 Å². The third-order valence-electron chi connectivity index (χ3n) is 2.16. The number of unbranched alkanes of at least 4 members (excludes halogenated alkanes) is 3. The molecule has 94 valence electrons. The van der Waals surface area contributed by atoms with Gasteiger partial charge in [0, 0.05) is 6.08 Å². The van der Waals surface area contributed by atoms with Gasteiger partial charge in [0.25, 0.3) is 0 Å². The highest BCUT2D eigenvalue weighted by Gasteiger charge is 2.00. The van der Waals surface area contributed by atoms with Gasteiger partial charge in [0.2, 0.25) is 0 Å². The molecule has 16 heavy (non-hydrogen) atoms. The van der Waals surface area contributed by atoms with Crippen LogP contribution in [0.3, 0.4) is 0 Å². The molecule has 0 rings (SSSR count). The Balaban J connectivity index is 3.29. The second kappa shape index (κ2) is 10.6. The van der Waals surface area contributed by atoms with Crippen LogP contribution in [0, 0.1) is 0 Å². The Bertz CT molecular complexity index is 201. The van der Waals surface area contributed by atoms with Gasteiger partial charge in [0.1, 0.15) is 0 Å². The number of hydrogen-bond donors (Lipinski definition) is 2. The summed E-state index contributed by atoms with van der Waals surface area (Å²) >= 11 is 0. The molecule has 2 N–H and O–H groups in total. The molecule has 0 fully saturated rings. The third kappa shape index (κ3) is 9.68. The molecule has 0 saturated heterocycles. The topological polar surface area (TPSA) is 66.8 Å². The van der Waals surface area contributed by atoms with Gasteiger partial charge in [0.15, 0.2) is 0 Å². The third-order valence-corrected chi connectivity index (χ3v) is 2.16. The van der Waals surface area contributed by atoms with Crippen LogP contribution >= 0.6 is 0 Å². The number of rotatable bonds is 9. The summed E-state index contributed by atoms with van der Waals surface area (Å²) in [5, 5.41) is 17.6. The summed E-state index contributed by atoms with van der Waals surface area (Å²) in [6.45, 7) is 2.02. The van der Waals surface area contributed by atoms with Crippen LogP contribution < -0.4 is 0 Å². The van der Waals surface area contributed by atoms with Gasteiger partial charge in [-0.05, 0) is 26.2 Å². The van der Waals surface area contributed by atoms with Crippen LogP contribution in [-0.2, 0) is 9.53 Å². The molecule has 0 saturated carbocycles. The van der Waals surface area contributed by atoms with Crippen molar-refractivity contribution in [3.05, 3.63) is 12.2 Å². The minimum atomic E-state index is -0.588. The van der Waals surface area contributed by atoms with Crippen LogP contribution in [0.4, 0.5) is 0 Å². The summed E-state index contributed by atoms with van der Waals surface area (Å²) in [7, 11) is 0. The first-order valence-corrected chi connectivity index (χ1v) is 5.83.